The summed E-state index contributed by atoms with van der Waals surface area (Å²) in [5, 5.41) is 11.8. The highest BCUT2D eigenvalue weighted by atomic mass is 16.4. The second-order valence-electron chi connectivity index (χ2n) is 4.18. The summed E-state index contributed by atoms with van der Waals surface area (Å²) in [6.45, 7) is 2.02. The first-order valence-electron chi connectivity index (χ1n) is 5.81. The number of hydrogen-bond acceptors (Lipinski definition) is 3. The number of carboxylic acids is 1. The summed E-state index contributed by atoms with van der Waals surface area (Å²) in [7, 11) is 0. The summed E-state index contributed by atoms with van der Waals surface area (Å²) < 4.78 is 0. The number of aliphatic carboxylic acids is 1. The van der Waals surface area contributed by atoms with Gasteiger partial charge in [0.2, 0.25) is 5.91 Å². The Balaban J connectivity index is 2.66. The van der Waals surface area contributed by atoms with E-state index >= 15 is 0 Å². The molecule has 0 aliphatic rings. The van der Waals surface area contributed by atoms with Crippen LogP contribution in [0.5, 0.6) is 0 Å². The van der Waals surface area contributed by atoms with Gasteiger partial charge in [0.25, 0.3) is 0 Å². The number of nitrogens with one attached hydrogen (secondary N) is 1. The number of rotatable bonds is 6. The zero-order chi connectivity index (χ0) is 13.5. The lowest BCUT2D eigenvalue weighted by molar-refractivity contribution is -0.138. The summed E-state index contributed by atoms with van der Waals surface area (Å²) in [6, 6.07) is 8.83. The maximum absolute atomic E-state index is 11.5. The van der Waals surface area contributed by atoms with Gasteiger partial charge in [-0.15, -0.1) is 0 Å². The molecule has 1 aromatic rings. The minimum Gasteiger partial charge on any atom is -0.481 e. The highest BCUT2D eigenvalue weighted by Crippen LogP contribution is 2.14. The summed E-state index contributed by atoms with van der Waals surface area (Å²) in [4.78, 5) is 22.7. The molecule has 0 spiro atoms. The van der Waals surface area contributed by atoms with Crippen LogP contribution in [-0.4, -0.2) is 30.1 Å². The van der Waals surface area contributed by atoms with Gasteiger partial charge in [0.1, 0.15) is 0 Å². The zero-order valence-corrected chi connectivity index (χ0v) is 10.3. The average molecular weight is 250 g/mol. The van der Waals surface area contributed by atoms with Crippen LogP contribution in [0.3, 0.4) is 0 Å². The molecule has 5 heteroatoms. The lowest BCUT2D eigenvalue weighted by Crippen LogP contribution is -2.37. The van der Waals surface area contributed by atoms with Crippen molar-refractivity contribution in [2.75, 3.05) is 13.1 Å². The molecule has 2 atom stereocenters. The number of amides is 1. The van der Waals surface area contributed by atoms with Gasteiger partial charge in [-0.25, -0.2) is 0 Å². The van der Waals surface area contributed by atoms with Crippen molar-refractivity contribution < 1.29 is 14.7 Å². The van der Waals surface area contributed by atoms with Gasteiger partial charge in [-0.1, -0.05) is 37.3 Å². The van der Waals surface area contributed by atoms with Crippen molar-refractivity contribution in [3.63, 3.8) is 0 Å². The molecule has 0 fully saturated rings. The van der Waals surface area contributed by atoms with E-state index in [0.29, 0.717) is 5.56 Å². The highest BCUT2D eigenvalue weighted by Gasteiger charge is 2.21. The minimum atomic E-state index is -0.957. The van der Waals surface area contributed by atoms with Crippen LogP contribution in [0, 0.1) is 5.92 Å². The van der Waals surface area contributed by atoms with Crippen LogP contribution in [-0.2, 0) is 9.59 Å². The number of carboxylic acid groups (broad SMARTS) is 1. The van der Waals surface area contributed by atoms with Crippen molar-refractivity contribution in [3.8, 4) is 0 Å². The van der Waals surface area contributed by atoms with Crippen molar-refractivity contribution in [1.29, 1.82) is 0 Å². The Kier molecular flexibility index (Phi) is 5.32. The van der Waals surface area contributed by atoms with Crippen molar-refractivity contribution in [1.82, 2.24) is 5.32 Å². The van der Waals surface area contributed by atoms with Crippen molar-refractivity contribution in [3.05, 3.63) is 35.9 Å². The first-order valence-corrected chi connectivity index (χ1v) is 5.81. The minimum absolute atomic E-state index is 0.0719. The van der Waals surface area contributed by atoms with E-state index in [-0.39, 0.29) is 24.9 Å². The van der Waals surface area contributed by atoms with E-state index in [4.69, 9.17) is 10.8 Å². The summed E-state index contributed by atoms with van der Waals surface area (Å²) in [6.07, 6.45) is 0. The maximum Gasteiger partial charge on any atom is 0.312 e. The number of benzene rings is 1. The molecule has 0 aliphatic heterocycles. The van der Waals surface area contributed by atoms with Gasteiger partial charge in [0.05, 0.1) is 5.92 Å². The maximum atomic E-state index is 11.5. The number of carbonyl (C=O) groups is 2. The Morgan fingerprint density at radius 3 is 2.44 bits per heavy atom. The van der Waals surface area contributed by atoms with Gasteiger partial charge in [0.15, 0.2) is 0 Å². The topological polar surface area (TPSA) is 92.4 Å². The van der Waals surface area contributed by atoms with Gasteiger partial charge in [-0.3, -0.25) is 9.59 Å². The molecule has 2 unspecified atom stereocenters. The molecule has 4 N–H and O–H groups in total. The molecule has 98 valence electrons. The lowest BCUT2D eigenvalue weighted by atomic mass is 9.99. The lowest BCUT2D eigenvalue weighted by Gasteiger charge is -2.15. The Bertz CT molecular complexity index is 406. The van der Waals surface area contributed by atoms with Gasteiger partial charge in [0, 0.05) is 19.0 Å². The third-order valence-corrected chi connectivity index (χ3v) is 2.78. The Morgan fingerprint density at radius 2 is 1.94 bits per heavy atom. The fourth-order valence-electron chi connectivity index (χ4n) is 1.52. The van der Waals surface area contributed by atoms with Crippen LogP contribution in [0.15, 0.2) is 30.3 Å². The molecular formula is C13H18N2O3. The largest absolute Gasteiger partial charge is 0.481 e. The monoisotopic (exact) mass is 250 g/mol. The third kappa shape index (κ3) is 3.85. The van der Waals surface area contributed by atoms with E-state index in [9.17, 15) is 9.59 Å². The van der Waals surface area contributed by atoms with E-state index in [1.807, 2.05) is 6.07 Å². The fraction of sp³-hybridized carbons (Fsp3) is 0.385. The number of nitrogens with two attached hydrogens (primary N) is 1. The number of carbonyl (C=O) groups excluding carboxylic acids is 1. The molecule has 0 radical (unpaired) electrons. The van der Waals surface area contributed by atoms with Crippen molar-refractivity contribution >= 4 is 11.9 Å². The Hall–Kier alpha value is -1.88. The molecule has 0 bridgehead atoms. The van der Waals surface area contributed by atoms with E-state index in [1.165, 1.54) is 0 Å². The van der Waals surface area contributed by atoms with Gasteiger partial charge >= 0.3 is 5.97 Å². The van der Waals surface area contributed by atoms with Gasteiger partial charge < -0.3 is 16.2 Å². The molecule has 0 aliphatic carbocycles. The molecular weight excluding hydrogens is 232 g/mol. The van der Waals surface area contributed by atoms with Crippen LogP contribution < -0.4 is 11.1 Å². The molecule has 5 nitrogen and oxygen atoms in total. The van der Waals surface area contributed by atoms with Crippen LogP contribution in [0.2, 0.25) is 0 Å². The molecule has 0 aromatic heterocycles. The molecule has 1 rings (SSSR count). The standard InChI is InChI=1S/C13H18N2O3/c1-9(7-14)12(16)15-8-11(13(17)18)10-5-3-2-4-6-10/h2-6,9,11H,7-8,14H2,1H3,(H,15,16)(H,17,18). The van der Waals surface area contributed by atoms with Crippen molar-refractivity contribution in [2.45, 2.75) is 12.8 Å². The Labute approximate surface area is 106 Å². The molecule has 1 amide bonds. The van der Waals surface area contributed by atoms with Crippen LogP contribution >= 0.6 is 0 Å². The average Bonchev–Trinajstić information content (AvgIpc) is 2.38. The predicted octanol–water partition coefficient (Wildman–Crippen LogP) is 0.566. The number of hydrogen-bond donors (Lipinski definition) is 3. The van der Waals surface area contributed by atoms with Crippen molar-refractivity contribution in [2.24, 2.45) is 11.7 Å². The normalized spacial score (nSPS) is 13.7. The summed E-state index contributed by atoms with van der Waals surface area (Å²) >= 11 is 0. The second kappa shape index (κ2) is 6.76. The van der Waals surface area contributed by atoms with Crippen LogP contribution in [0.25, 0.3) is 0 Å². The first-order chi connectivity index (χ1) is 8.56. The van der Waals surface area contributed by atoms with Crippen LogP contribution in [0.1, 0.15) is 18.4 Å². The second-order valence-corrected chi connectivity index (χ2v) is 4.18. The molecule has 18 heavy (non-hydrogen) atoms. The van der Waals surface area contributed by atoms with E-state index < -0.39 is 11.9 Å². The highest BCUT2D eigenvalue weighted by molar-refractivity contribution is 5.81. The predicted molar refractivity (Wildman–Crippen MR) is 68.0 cm³/mol. The summed E-state index contributed by atoms with van der Waals surface area (Å²) in [5.74, 6) is -2.23. The molecule has 0 saturated heterocycles. The SMILES string of the molecule is CC(CN)C(=O)NCC(C(=O)O)c1ccccc1. The third-order valence-electron chi connectivity index (χ3n) is 2.78. The first kappa shape index (κ1) is 14.2. The van der Waals surface area contributed by atoms with E-state index in [1.54, 1.807) is 31.2 Å². The van der Waals surface area contributed by atoms with E-state index in [2.05, 4.69) is 5.32 Å². The fourth-order valence-corrected chi connectivity index (χ4v) is 1.52. The summed E-state index contributed by atoms with van der Waals surface area (Å²) in [5.41, 5.74) is 6.05. The molecule has 0 saturated carbocycles. The van der Waals surface area contributed by atoms with Gasteiger partial charge in [-0.2, -0.15) is 0 Å². The van der Waals surface area contributed by atoms with Crippen LogP contribution in [0.4, 0.5) is 0 Å². The molecule has 0 heterocycles. The van der Waals surface area contributed by atoms with E-state index in [0.717, 1.165) is 0 Å². The zero-order valence-electron chi connectivity index (χ0n) is 10.3. The molecule has 1 aromatic carbocycles. The van der Waals surface area contributed by atoms with Gasteiger partial charge in [-0.05, 0) is 5.56 Å². The smallest absolute Gasteiger partial charge is 0.312 e. The quantitative estimate of drug-likeness (QED) is 0.688. The Morgan fingerprint density at radius 1 is 1.33 bits per heavy atom.